The van der Waals surface area contributed by atoms with E-state index in [1.54, 1.807) is 0 Å². The lowest BCUT2D eigenvalue weighted by molar-refractivity contribution is -0.137. The van der Waals surface area contributed by atoms with E-state index in [0.717, 1.165) is 25.0 Å². The van der Waals surface area contributed by atoms with E-state index in [1.807, 2.05) is 36.4 Å². The van der Waals surface area contributed by atoms with E-state index in [4.69, 9.17) is 9.84 Å². The molecule has 1 heterocycles. The van der Waals surface area contributed by atoms with Crippen LogP contribution in [0, 0.1) is 11.8 Å². The fourth-order valence-corrected chi connectivity index (χ4v) is 2.84. The smallest absolute Gasteiger partial charge is 0.303 e. The first kappa shape index (κ1) is 18.4. The number of carbonyl (C=O) groups is 1. The summed E-state index contributed by atoms with van der Waals surface area (Å²) in [5.41, 5.74) is 0.891. The molecule has 1 aliphatic rings. The number of allylic oxidation sites excluding steroid dienone is 2. The minimum Gasteiger partial charge on any atom is -0.481 e. The lowest BCUT2D eigenvalue weighted by Crippen LogP contribution is -2.09. The third kappa shape index (κ3) is 6.30. The summed E-state index contributed by atoms with van der Waals surface area (Å²) in [5, 5.41) is 18.8. The van der Waals surface area contributed by atoms with E-state index in [2.05, 4.69) is 18.2 Å². The molecule has 1 fully saturated rings. The van der Waals surface area contributed by atoms with Crippen molar-refractivity contribution in [3.63, 3.8) is 0 Å². The number of hydrogen-bond donors (Lipinski definition) is 2. The number of ether oxygens (including phenoxy) is 1. The molecule has 2 rings (SSSR count). The van der Waals surface area contributed by atoms with Crippen LogP contribution >= 0.6 is 0 Å². The quantitative estimate of drug-likeness (QED) is 0.535. The maximum absolute atomic E-state index is 10.4. The Kier molecular flexibility index (Phi) is 7.72. The highest BCUT2D eigenvalue weighted by molar-refractivity contribution is 5.66. The summed E-state index contributed by atoms with van der Waals surface area (Å²) in [6, 6.07) is 9.60. The first-order valence-corrected chi connectivity index (χ1v) is 8.52. The summed E-state index contributed by atoms with van der Waals surface area (Å²) < 4.78 is 5.57. The van der Waals surface area contributed by atoms with Crippen LogP contribution in [0.15, 0.2) is 54.6 Å². The largest absolute Gasteiger partial charge is 0.481 e. The molecule has 0 bridgehead atoms. The fraction of sp³-hybridized carbons (Fsp3) is 0.450. The van der Waals surface area contributed by atoms with Gasteiger partial charge in [-0.25, -0.2) is 0 Å². The zero-order valence-corrected chi connectivity index (χ0v) is 13.9. The number of unbranched alkanes of at least 4 members (excludes halogenated alkanes) is 1. The van der Waals surface area contributed by atoms with Gasteiger partial charge in [0.2, 0.25) is 0 Å². The van der Waals surface area contributed by atoms with Gasteiger partial charge < -0.3 is 14.9 Å². The third-order valence-corrected chi connectivity index (χ3v) is 4.30. The zero-order valence-electron chi connectivity index (χ0n) is 13.9. The van der Waals surface area contributed by atoms with Gasteiger partial charge in [0.1, 0.15) is 0 Å². The molecule has 1 aliphatic heterocycles. The summed E-state index contributed by atoms with van der Waals surface area (Å²) >= 11 is 0. The van der Waals surface area contributed by atoms with Gasteiger partial charge >= 0.3 is 5.97 Å². The van der Waals surface area contributed by atoms with Crippen LogP contribution in [0.4, 0.5) is 0 Å². The van der Waals surface area contributed by atoms with Crippen molar-refractivity contribution < 1.29 is 19.7 Å². The van der Waals surface area contributed by atoms with Crippen LogP contribution < -0.4 is 0 Å². The number of hydrogen-bond acceptors (Lipinski definition) is 3. The van der Waals surface area contributed by atoms with Crippen molar-refractivity contribution >= 4 is 5.97 Å². The average Bonchev–Trinajstić information content (AvgIpc) is 3.03. The van der Waals surface area contributed by atoms with Gasteiger partial charge in [-0.15, -0.1) is 0 Å². The van der Waals surface area contributed by atoms with E-state index >= 15 is 0 Å². The predicted molar refractivity (Wildman–Crippen MR) is 93.6 cm³/mol. The lowest BCUT2D eigenvalue weighted by Gasteiger charge is -2.13. The van der Waals surface area contributed by atoms with Gasteiger partial charge in [0.15, 0.2) is 0 Å². The average molecular weight is 330 g/mol. The van der Waals surface area contributed by atoms with Gasteiger partial charge in [-0.1, -0.05) is 54.6 Å². The Morgan fingerprint density at radius 2 is 2.04 bits per heavy atom. The number of aliphatic carboxylic acids is 1. The molecular weight excluding hydrogens is 304 g/mol. The van der Waals surface area contributed by atoms with Crippen LogP contribution in [0.3, 0.4) is 0 Å². The molecule has 2 N–H and O–H groups in total. The maximum Gasteiger partial charge on any atom is 0.303 e. The molecule has 0 radical (unpaired) electrons. The van der Waals surface area contributed by atoms with E-state index < -0.39 is 12.1 Å². The van der Waals surface area contributed by atoms with Crippen molar-refractivity contribution in [3.05, 3.63) is 60.2 Å². The van der Waals surface area contributed by atoms with Gasteiger partial charge in [-0.05, 0) is 30.7 Å². The fourth-order valence-electron chi connectivity index (χ4n) is 2.84. The first-order valence-electron chi connectivity index (χ1n) is 8.52. The Morgan fingerprint density at radius 3 is 2.79 bits per heavy atom. The molecule has 1 saturated heterocycles. The van der Waals surface area contributed by atoms with Crippen LogP contribution in [0.1, 0.15) is 37.4 Å². The second-order valence-electron chi connectivity index (χ2n) is 6.19. The Morgan fingerprint density at radius 1 is 1.25 bits per heavy atom. The third-order valence-electron chi connectivity index (χ3n) is 4.30. The molecular formula is C20H26O4. The van der Waals surface area contributed by atoms with E-state index in [1.165, 1.54) is 0 Å². The normalized spacial score (nSPS) is 22.4. The van der Waals surface area contributed by atoms with Crippen molar-refractivity contribution in [1.29, 1.82) is 0 Å². The van der Waals surface area contributed by atoms with E-state index in [0.29, 0.717) is 24.9 Å². The standard InChI is InChI=1S/C20H26O4/c21-19(16-8-5-3-6-9-16)13-12-18-15-24-14-17(18)10-4-1-2-7-11-20(22)23/h1,3-6,8-9,12-13,17-19,21H,2,7,10-11,14-15H2,(H,22,23)/b4-1-,13-12+/t17-,18+,19?/m0/s1. The van der Waals surface area contributed by atoms with Crippen molar-refractivity contribution in [2.45, 2.75) is 31.8 Å². The molecule has 1 aromatic rings. The molecule has 0 saturated carbocycles. The molecule has 0 spiro atoms. The summed E-state index contributed by atoms with van der Waals surface area (Å²) in [6.07, 6.45) is 10.1. The zero-order chi connectivity index (χ0) is 17.2. The summed E-state index contributed by atoms with van der Waals surface area (Å²) in [6.45, 7) is 1.42. The Balaban J connectivity index is 1.77. The second-order valence-corrected chi connectivity index (χ2v) is 6.19. The number of carboxylic acids is 1. The Labute approximate surface area is 143 Å². The summed E-state index contributed by atoms with van der Waals surface area (Å²) in [5.74, 6) is -0.0123. The number of aliphatic hydroxyl groups is 1. The number of benzene rings is 1. The molecule has 3 atom stereocenters. The van der Waals surface area contributed by atoms with Gasteiger partial charge in [0.05, 0.1) is 19.3 Å². The van der Waals surface area contributed by atoms with E-state index in [-0.39, 0.29) is 6.42 Å². The molecule has 130 valence electrons. The number of aliphatic hydroxyl groups excluding tert-OH is 1. The van der Waals surface area contributed by atoms with Crippen LogP contribution in [-0.4, -0.2) is 29.4 Å². The van der Waals surface area contributed by atoms with Crippen molar-refractivity contribution in [2.75, 3.05) is 13.2 Å². The highest BCUT2D eigenvalue weighted by Gasteiger charge is 2.25. The van der Waals surface area contributed by atoms with Crippen LogP contribution in [0.2, 0.25) is 0 Å². The van der Waals surface area contributed by atoms with Gasteiger partial charge in [-0.3, -0.25) is 4.79 Å². The molecule has 0 amide bonds. The molecule has 1 unspecified atom stereocenters. The minimum absolute atomic E-state index is 0.222. The van der Waals surface area contributed by atoms with Crippen molar-refractivity contribution in [1.82, 2.24) is 0 Å². The topological polar surface area (TPSA) is 66.8 Å². The molecule has 0 aromatic heterocycles. The Bertz CT molecular complexity index is 550. The maximum atomic E-state index is 10.4. The lowest BCUT2D eigenvalue weighted by atomic mass is 9.91. The number of rotatable bonds is 9. The van der Waals surface area contributed by atoms with Crippen molar-refractivity contribution in [2.24, 2.45) is 11.8 Å². The van der Waals surface area contributed by atoms with E-state index in [9.17, 15) is 9.90 Å². The molecule has 4 heteroatoms. The van der Waals surface area contributed by atoms with Crippen LogP contribution in [-0.2, 0) is 9.53 Å². The first-order chi connectivity index (χ1) is 11.7. The molecule has 1 aromatic carbocycles. The molecule has 0 aliphatic carbocycles. The van der Waals surface area contributed by atoms with Crippen molar-refractivity contribution in [3.8, 4) is 0 Å². The Hall–Kier alpha value is -1.91. The van der Waals surface area contributed by atoms with Crippen LogP contribution in [0.5, 0.6) is 0 Å². The summed E-state index contributed by atoms with van der Waals surface area (Å²) in [7, 11) is 0. The molecule has 4 nitrogen and oxygen atoms in total. The van der Waals surface area contributed by atoms with Gasteiger partial charge in [-0.2, -0.15) is 0 Å². The number of carboxylic acid groups (broad SMARTS) is 1. The summed E-state index contributed by atoms with van der Waals surface area (Å²) in [4.78, 5) is 10.4. The van der Waals surface area contributed by atoms with Gasteiger partial charge in [0, 0.05) is 12.3 Å². The minimum atomic E-state index is -0.741. The SMILES string of the molecule is O=C(O)CCC/C=C\C[C@H]1COC[C@H]1/C=C/C(O)c1ccccc1. The highest BCUT2D eigenvalue weighted by atomic mass is 16.5. The van der Waals surface area contributed by atoms with Gasteiger partial charge in [0.25, 0.3) is 0 Å². The second kappa shape index (κ2) is 10.1. The van der Waals surface area contributed by atoms with Crippen LogP contribution in [0.25, 0.3) is 0 Å². The monoisotopic (exact) mass is 330 g/mol. The molecule has 24 heavy (non-hydrogen) atoms. The predicted octanol–water partition coefficient (Wildman–Crippen LogP) is 3.74. The highest BCUT2D eigenvalue weighted by Crippen LogP contribution is 2.27.